The van der Waals surface area contributed by atoms with E-state index in [0.29, 0.717) is 12.8 Å². The predicted molar refractivity (Wildman–Crippen MR) is 48.9 cm³/mol. The SMILES string of the molecule is CC(=O)CCC(Br)C(C)(C)O. The van der Waals surface area contributed by atoms with Crippen molar-refractivity contribution < 1.29 is 9.90 Å². The van der Waals surface area contributed by atoms with Crippen LogP contribution in [0, 0.1) is 0 Å². The molecule has 0 radical (unpaired) electrons. The third-order valence-electron chi connectivity index (χ3n) is 1.52. The molecule has 66 valence electrons. The van der Waals surface area contributed by atoms with Crippen LogP contribution in [0.5, 0.6) is 0 Å². The normalized spacial score (nSPS) is 14.6. The first-order valence-corrected chi connectivity index (χ1v) is 4.61. The molecule has 0 aliphatic carbocycles. The summed E-state index contributed by atoms with van der Waals surface area (Å²) in [5.74, 6) is 0.165. The van der Waals surface area contributed by atoms with Crippen LogP contribution in [0.1, 0.15) is 33.6 Å². The van der Waals surface area contributed by atoms with Crippen LogP contribution in [0.3, 0.4) is 0 Å². The number of Topliss-reactive ketones (excluding diaryl/α,β-unsaturated/α-hetero) is 1. The molecule has 0 aliphatic heterocycles. The van der Waals surface area contributed by atoms with Crippen molar-refractivity contribution in [3.63, 3.8) is 0 Å². The van der Waals surface area contributed by atoms with Gasteiger partial charge in [-0.2, -0.15) is 0 Å². The lowest BCUT2D eigenvalue weighted by molar-refractivity contribution is -0.117. The van der Waals surface area contributed by atoms with Gasteiger partial charge in [0.15, 0.2) is 0 Å². The van der Waals surface area contributed by atoms with Gasteiger partial charge in [0.05, 0.1) is 5.60 Å². The van der Waals surface area contributed by atoms with Crippen molar-refractivity contribution in [3.8, 4) is 0 Å². The van der Waals surface area contributed by atoms with Crippen molar-refractivity contribution in [1.82, 2.24) is 0 Å². The van der Waals surface area contributed by atoms with Gasteiger partial charge in [-0.25, -0.2) is 0 Å². The van der Waals surface area contributed by atoms with Crippen LogP contribution in [0.4, 0.5) is 0 Å². The van der Waals surface area contributed by atoms with Crippen molar-refractivity contribution in [2.75, 3.05) is 0 Å². The number of hydrogen-bond donors (Lipinski definition) is 1. The van der Waals surface area contributed by atoms with Crippen molar-refractivity contribution in [2.45, 2.75) is 44.0 Å². The van der Waals surface area contributed by atoms with Gasteiger partial charge in [0.2, 0.25) is 0 Å². The van der Waals surface area contributed by atoms with Gasteiger partial charge in [-0.05, 0) is 27.2 Å². The third-order valence-corrected chi connectivity index (χ3v) is 3.09. The molecule has 0 saturated heterocycles. The predicted octanol–water partition coefficient (Wildman–Crippen LogP) is 1.89. The van der Waals surface area contributed by atoms with Crippen LogP contribution in [0.25, 0.3) is 0 Å². The first-order chi connectivity index (χ1) is 4.84. The van der Waals surface area contributed by atoms with Gasteiger partial charge < -0.3 is 9.90 Å². The first-order valence-electron chi connectivity index (χ1n) is 3.70. The van der Waals surface area contributed by atoms with Crippen LogP contribution in [-0.4, -0.2) is 21.3 Å². The number of halogens is 1. The molecule has 0 aromatic carbocycles. The Bertz CT molecular complexity index is 138. The second kappa shape index (κ2) is 4.21. The standard InChI is InChI=1S/C8H15BrO2/c1-6(10)4-5-7(9)8(2,3)11/h7,11H,4-5H2,1-3H3. The number of carbonyl (C=O) groups excluding carboxylic acids is 1. The summed E-state index contributed by atoms with van der Waals surface area (Å²) in [5, 5.41) is 9.44. The maximum Gasteiger partial charge on any atom is 0.129 e. The first kappa shape index (κ1) is 11.1. The molecule has 0 aliphatic rings. The molecule has 0 amide bonds. The van der Waals surface area contributed by atoms with E-state index in [0.717, 1.165) is 0 Å². The minimum absolute atomic E-state index is 0.00102. The summed E-state index contributed by atoms with van der Waals surface area (Å²) in [6.45, 7) is 5.02. The summed E-state index contributed by atoms with van der Waals surface area (Å²) in [6.07, 6.45) is 1.22. The fourth-order valence-corrected chi connectivity index (χ4v) is 0.912. The fraction of sp³-hybridized carbons (Fsp3) is 0.875. The Morgan fingerprint density at radius 3 is 2.36 bits per heavy atom. The van der Waals surface area contributed by atoms with Gasteiger partial charge in [0.25, 0.3) is 0 Å². The molecule has 0 spiro atoms. The van der Waals surface area contributed by atoms with Gasteiger partial charge in [-0.3, -0.25) is 0 Å². The molecule has 11 heavy (non-hydrogen) atoms. The van der Waals surface area contributed by atoms with E-state index in [1.54, 1.807) is 20.8 Å². The summed E-state index contributed by atoms with van der Waals surface area (Å²) < 4.78 is 0. The molecule has 0 aromatic heterocycles. The zero-order chi connectivity index (χ0) is 9.07. The summed E-state index contributed by atoms with van der Waals surface area (Å²) in [7, 11) is 0. The molecule has 0 heterocycles. The Balaban J connectivity index is 3.70. The zero-order valence-corrected chi connectivity index (χ0v) is 8.81. The minimum Gasteiger partial charge on any atom is -0.389 e. The fourth-order valence-electron chi connectivity index (χ4n) is 0.683. The Hall–Kier alpha value is 0.110. The van der Waals surface area contributed by atoms with Gasteiger partial charge >= 0.3 is 0 Å². The maximum absolute atomic E-state index is 10.6. The molecule has 0 bridgehead atoms. The van der Waals surface area contributed by atoms with Crippen LogP contribution < -0.4 is 0 Å². The van der Waals surface area contributed by atoms with Crippen LogP contribution >= 0.6 is 15.9 Å². The summed E-state index contributed by atoms with van der Waals surface area (Å²) in [5.41, 5.74) is -0.741. The average molecular weight is 223 g/mol. The van der Waals surface area contributed by atoms with E-state index in [9.17, 15) is 9.90 Å². The second-order valence-electron chi connectivity index (χ2n) is 3.36. The Kier molecular flexibility index (Phi) is 4.26. The molecular formula is C8H15BrO2. The van der Waals surface area contributed by atoms with E-state index in [1.165, 1.54) is 0 Å². The van der Waals surface area contributed by atoms with E-state index in [-0.39, 0.29) is 10.6 Å². The zero-order valence-electron chi connectivity index (χ0n) is 7.22. The summed E-state index contributed by atoms with van der Waals surface area (Å²) in [4.78, 5) is 10.6. The summed E-state index contributed by atoms with van der Waals surface area (Å²) >= 11 is 3.32. The van der Waals surface area contributed by atoms with Gasteiger partial charge in [0, 0.05) is 11.2 Å². The van der Waals surface area contributed by atoms with E-state index >= 15 is 0 Å². The molecule has 2 nitrogen and oxygen atoms in total. The highest BCUT2D eigenvalue weighted by molar-refractivity contribution is 9.09. The molecule has 0 rings (SSSR count). The van der Waals surface area contributed by atoms with Crippen LogP contribution in [0.15, 0.2) is 0 Å². The van der Waals surface area contributed by atoms with E-state index in [2.05, 4.69) is 15.9 Å². The van der Waals surface area contributed by atoms with E-state index in [4.69, 9.17) is 0 Å². The average Bonchev–Trinajstić information content (AvgIpc) is 1.80. The molecule has 1 unspecified atom stereocenters. The number of alkyl halides is 1. The van der Waals surface area contributed by atoms with Crippen LogP contribution in [-0.2, 0) is 4.79 Å². The monoisotopic (exact) mass is 222 g/mol. The van der Waals surface area contributed by atoms with Crippen molar-refractivity contribution >= 4 is 21.7 Å². The topological polar surface area (TPSA) is 37.3 Å². The van der Waals surface area contributed by atoms with Crippen molar-refractivity contribution in [2.24, 2.45) is 0 Å². The van der Waals surface area contributed by atoms with Crippen LogP contribution in [0.2, 0.25) is 0 Å². The highest BCUT2D eigenvalue weighted by Gasteiger charge is 2.23. The smallest absolute Gasteiger partial charge is 0.129 e. The molecule has 0 aromatic rings. The lowest BCUT2D eigenvalue weighted by Crippen LogP contribution is -2.31. The molecule has 1 atom stereocenters. The van der Waals surface area contributed by atoms with E-state index < -0.39 is 5.60 Å². The van der Waals surface area contributed by atoms with Gasteiger partial charge in [-0.15, -0.1) is 0 Å². The number of carbonyl (C=O) groups is 1. The second-order valence-corrected chi connectivity index (χ2v) is 4.47. The van der Waals surface area contributed by atoms with E-state index in [1.807, 2.05) is 0 Å². The minimum atomic E-state index is -0.741. The Labute approximate surface area is 76.1 Å². The number of hydrogen-bond acceptors (Lipinski definition) is 2. The highest BCUT2D eigenvalue weighted by Crippen LogP contribution is 2.21. The Morgan fingerprint density at radius 1 is 1.64 bits per heavy atom. The largest absolute Gasteiger partial charge is 0.389 e. The number of ketones is 1. The lowest BCUT2D eigenvalue weighted by atomic mass is 10.0. The Morgan fingerprint density at radius 2 is 2.09 bits per heavy atom. The summed E-state index contributed by atoms with van der Waals surface area (Å²) in [6, 6.07) is 0. The molecule has 0 saturated carbocycles. The van der Waals surface area contributed by atoms with Crippen molar-refractivity contribution in [3.05, 3.63) is 0 Å². The number of aliphatic hydroxyl groups is 1. The van der Waals surface area contributed by atoms with Gasteiger partial charge in [0.1, 0.15) is 5.78 Å². The molecular weight excluding hydrogens is 208 g/mol. The highest BCUT2D eigenvalue weighted by atomic mass is 79.9. The van der Waals surface area contributed by atoms with Gasteiger partial charge in [-0.1, -0.05) is 15.9 Å². The third kappa shape index (κ3) is 5.39. The van der Waals surface area contributed by atoms with Crippen molar-refractivity contribution in [1.29, 1.82) is 0 Å². The molecule has 0 fully saturated rings. The quantitative estimate of drug-likeness (QED) is 0.739. The molecule has 3 heteroatoms. The molecule has 1 N–H and O–H groups in total. The maximum atomic E-state index is 10.6. The number of rotatable bonds is 4. The lowest BCUT2D eigenvalue weighted by Gasteiger charge is -2.23.